The minimum absolute atomic E-state index is 0.0220. The van der Waals surface area contributed by atoms with Crippen molar-refractivity contribution in [3.8, 4) is 11.5 Å². The lowest BCUT2D eigenvalue weighted by Gasteiger charge is -2.46. The molecule has 2 atom stereocenters. The third-order valence-electron chi connectivity index (χ3n) is 8.68. The minimum atomic E-state index is -0.511. The number of ether oxygens (including phenoxy) is 2. The highest BCUT2D eigenvalue weighted by atomic mass is 16.7. The van der Waals surface area contributed by atoms with Crippen molar-refractivity contribution in [3.63, 3.8) is 0 Å². The number of likely N-dealkylation sites (N-methyl/N-ethyl adjacent to an activating group) is 1. The van der Waals surface area contributed by atoms with Gasteiger partial charge in [-0.05, 0) is 36.2 Å². The van der Waals surface area contributed by atoms with Crippen LogP contribution in [0.5, 0.6) is 11.5 Å². The van der Waals surface area contributed by atoms with Crippen molar-refractivity contribution in [2.45, 2.75) is 32.0 Å². The molecule has 5 aromatic rings. The minimum Gasteiger partial charge on any atom is -0.454 e. The first-order valence-electron chi connectivity index (χ1n) is 14.4. The summed E-state index contributed by atoms with van der Waals surface area (Å²) in [5.74, 6) is 1.28. The standard InChI is InChI=1S/C22H19N3O4.C9H12N4O2/c1-24-10-19(26)25-16(22(24)27)9-14-13-4-2-3-5-15(13)23-20(14)21(25)12-6-7-17-18(8-12)29-11-28-17;1-4-13-8(14)6-7(10-5-11(6)2)12(3)9(13)15/h2-8,16,21,23H,9-11H2,1H3;5H,4H2,1-3H3/t16-,21-;/m1./s1. The molecule has 44 heavy (non-hydrogen) atoms. The largest absolute Gasteiger partial charge is 0.454 e. The van der Waals surface area contributed by atoms with E-state index in [2.05, 4.69) is 16.0 Å². The van der Waals surface area contributed by atoms with Gasteiger partial charge in [-0.2, -0.15) is 0 Å². The van der Waals surface area contributed by atoms with Gasteiger partial charge in [-0.25, -0.2) is 9.78 Å². The maximum atomic E-state index is 13.1. The molecule has 0 radical (unpaired) electrons. The van der Waals surface area contributed by atoms with Crippen LogP contribution < -0.4 is 20.7 Å². The second-order valence-electron chi connectivity index (χ2n) is 11.2. The zero-order chi connectivity index (χ0) is 30.9. The Kier molecular flexibility index (Phi) is 6.34. The van der Waals surface area contributed by atoms with E-state index in [1.165, 1.54) is 20.4 Å². The highest BCUT2D eigenvalue weighted by molar-refractivity contribution is 5.97. The summed E-state index contributed by atoms with van der Waals surface area (Å²) < 4.78 is 15.2. The van der Waals surface area contributed by atoms with Crippen LogP contribution in [-0.2, 0) is 36.6 Å². The van der Waals surface area contributed by atoms with E-state index in [4.69, 9.17) is 9.47 Å². The zero-order valence-electron chi connectivity index (χ0n) is 24.7. The fourth-order valence-corrected chi connectivity index (χ4v) is 6.51. The van der Waals surface area contributed by atoms with E-state index in [9.17, 15) is 19.2 Å². The van der Waals surface area contributed by atoms with Crippen molar-refractivity contribution < 1.29 is 19.1 Å². The number of H-pyrrole nitrogens is 1. The molecule has 0 spiro atoms. The van der Waals surface area contributed by atoms with Gasteiger partial charge >= 0.3 is 5.69 Å². The summed E-state index contributed by atoms with van der Waals surface area (Å²) in [4.78, 5) is 60.6. The number of hydrogen-bond acceptors (Lipinski definition) is 7. The number of carbonyl (C=O) groups excluding carboxylic acids is 2. The number of nitrogens with zero attached hydrogens (tertiary/aromatic N) is 6. The van der Waals surface area contributed by atoms with E-state index in [0.717, 1.165) is 27.7 Å². The molecule has 2 aromatic carbocycles. The van der Waals surface area contributed by atoms with E-state index >= 15 is 0 Å². The summed E-state index contributed by atoms with van der Waals surface area (Å²) in [5, 5.41) is 1.10. The molecule has 1 N–H and O–H groups in total. The van der Waals surface area contributed by atoms with Gasteiger partial charge < -0.3 is 28.8 Å². The van der Waals surface area contributed by atoms with E-state index in [-0.39, 0.29) is 42.4 Å². The molecule has 3 aliphatic rings. The number of benzene rings is 2. The third kappa shape index (κ3) is 4.02. The molecule has 3 aliphatic heterocycles. The first-order chi connectivity index (χ1) is 21.2. The Morgan fingerprint density at radius 1 is 1.00 bits per heavy atom. The van der Waals surface area contributed by atoms with Crippen molar-refractivity contribution in [3.05, 3.63) is 86.5 Å². The number of imidazole rings is 1. The highest BCUT2D eigenvalue weighted by Crippen LogP contribution is 2.44. The number of aromatic amines is 1. The van der Waals surface area contributed by atoms with Gasteiger partial charge in [-0.3, -0.25) is 23.5 Å². The SMILES string of the molecule is CCn1c(=O)c2c(ncn2C)n(C)c1=O.CN1CC(=O)N2[C@H](c3ccc4c(c3)OCO4)c3[nH]c4ccccc4c3C[C@@H]2C1=O. The predicted octanol–water partition coefficient (Wildman–Crippen LogP) is 1.66. The molecule has 13 heteroatoms. The summed E-state index contributed by atoms with van der Waals surface area (Å²) in [5.41, 5.74) is 4.25. The second-order valence-corrected chi connectivity index (χ2v) is 11.2. The Morgan fingerprint density at radius 3 is 2.57 bits per heavy atom. The molecule has 3 aromatic heterocycles. The van der Waals surface area contributed by atoms with Crippen molar-refractivity contribution in [1.29, 1.82) is 0 Å². The zero-order valence-corrected chi connectivity index (χ0v) is 24.7. The van der Waals surface area contributed by atoms with Crippen LogP contribution in [0.1, 0.15) is 29.8 Å². The number of aromatic nitrogens is 5. The summed E-state index contributed by atoms with van der Waals surface area (Å²) in [7, 11) is 5.04. The summed E-state index contributed by atoms with van der Waals surface area (Å²) in [6.07, 6.45) is 2.04. The van der Waals surface area contributed by atoms with E-state index < -0.39 is 6.04 Å². The fourth-order valence-electron chi connectivity index (χ4n) is 6.51. The van der Waals surface area contributed by atoms with Gasteiger partial charge in [0.15, 0.2) is 22.7 Å². The van der Waals surface area contributed by atoms with Crippen molar-refractivity contribution in [2.75, 3.05) is 20.4 Å². The molecule has 8 rings (SSSR count). The molecular weight excluding hydrogens is 566 g/mol. The van der Waals surface area contributed by atoms with Crippen molar-refractivity contribution >= 4 is 33.9 Å². The normalized spacial score (nSPS) is 18.8. The van der Waals surface area contributed by atoms with Crippen LogP contribution in [0.25, 0.3) is 22.1 Å². The maximum absolute atomic E-state index is 13.1. The fraction of sp³-hybridized carbons (Fsp3) is 0.323. The van der Waals surface area contributed by atoms with Crippen molar-refractivity contribution in [1.82, 2.24) is 33.5 Å². The Hall–Kier alpha value is -5.33. The van der Waals surface area contributed by atoms with Crippen LogP contribution in [0.2, 0.25) is 0 Å². The predicted molar refractivity (Wildman–Crippen MR) is 161 cm³/mol. The topological polar surface area (TPSA) is 137 Å². The number of fused-ring (bicyclic) bond motifs is 6. The number of para-hydroxylation sites is 1. The number of hydrogen-bond donors (Lipinski definition) is 1. The number of aryl methyl sites for hydroxylation is 2. The Morgan fingerprint density at radius 2 is 1.77 bits per heavy atom. The van der Waals surface area contributed by atoms with Gasteiger partial charge in [-0.15, -0.1) is 0 Å². The smallest absolute Gasteiger partial charge is 0.332 e. The quantitative estimate of drug-likeness (QED) is 0.327. The Balaban J connectivity index is 0.000000176. The molecule has 13 nitrogen and oxygen atoms in total. The van der Waals surface area contributed by atoms with Gasteiger partial charge in [0.2, 0.25) is 18.6 Å². The molecule has 0 bridgehead atoms. The highest BCUT2D eigenvalue weighted by Gasteiger charge is 2.47. The van der Waals surface area contributed by atoms with Gasteiger partial charge in [0, 0.05) is 50.7 Å². The summed E-state index contributed by atoms with van der Waals surface area (Å²) >= 11 is 0. The molecular formula is C31H31N7O6. The lowest BCUT2D eigenvalue weighted by Crippen LogP contribution is -2.62. The lowest BCUT2D eigenvalue weighted by molar-refractivity contribution is -0.157. The van der Waals surface area contributed by atoms with E-state index in [0.29, 0.717) is 35.6 Å². The average Bonchev–Trinajstić information content (AvgIpc) is 3.75. The monoisotopic (exact) mass is 597 g/mol. The van der Waals surface area contributed by atoms with Crippen LogP contribution in [0.15, 0.2) is 58.4 Å². The van der Waals surface area contributed by atoms with E-state index in [1.807, 2.05) is 36.4 Å². The molecule has 0 saturated carbocycles. The molecule has 0 unspecified atom stereocenters. The van der Waals surface area contributed by atoms with Crippen LogP contribution in [0.4, 0.5) is 0 Å². The van der Waals surface area contributed by atoms with Gasteiger partial charge in [0.1, 0.15) is 6.04 Å². The number of rotatable bonds is 2. The summed E-state index contributed by atoms with van der Waals surface area (Å²) in [6, 6.07) is 12.9. The molecule has 1 saturated heterocycles. The molecule has 6 heterocycles. The van der Waals surface area contributed by atoms with Crippen LogP contribution in [-0.4, -0.2) is 71.7 Å². The van der Waals surface area contributed by atoms with Crippen LogP contribution in [0, 0.1) is 0 Å². The average molecular weight is 598 g/mol. The molecule has 2 amide bonds. The first-order valence-corrected chi connectivity index (χ1v) is 14.4. The molecule has 1 fully saturated rings. The van der Waals surface area contributed by atoms with Gasteiger partial charge in [0.05, 0.1) is 18.9 Å². The van der Waals surface area contributed by atoms with Crippen LogP contribution in [0.3, 0.4) is 0 Å². The number of carbonyl (C=O) groups is 2. The van der Waals surface area contributed by atoms with Gasteiger partial charge in [-0.1, -0.05) is 24.3 Å². The summed E-state index contributed by atoms with van der Waals surface area (Å²) in [6.45, 7) is 2.42. The van der Waals surface area contributed by atoms with Crippen LogP contribution >= 0.6 is 0 Å². The third-order valence-corrected chi connectivity index (χ3v) is 8.68. The number of piperazine rings is 1. The Bertz CT molecular complexity index is 2100. The lowest BCUT2D eigenvalue weighted by atomic mass is 9.86. The van der Waals surface area contributed by atoms with E-state index in [1.54, 1.807) is 37.5 Å². The second kappa shape index (κ2) is 10.1. The number of amides is 2. The molecule has 0 aliphatic carbocycles. The van der Waals surface area contributed by atoms with Crippen molar-refractivity contribution in [2.24, 2.45) is 14.1 Å². The Labute approximate surface area is 250 Å². The maximum Gasteiger partial charge on any atom is 0.332 e. The van der Waals surface area contributed by atoms with Gasteiger partial charge in [0.25, 0.3) is 5.56 Å². The number of nitrogens with one attached hydrogen (secondary N) is 1. The first kappa shape index (κ1) is 27.5. The molecule has 226 valence electrons.